The molecule has 0 aliphatic carbocycles. The summed E-state index contributed by atoms with van der Waals surface area (Å²) < 4.78 is 19.1. The molecule has 2 aromatic rings. The number of nitrogens with zero attached hydrogens (tertiary/aromatic N) is 2. The zero-order chi connectivity index (χ0) is 16.7. The summed E-state index contributed by atoms with van der Waals surface area (Å²) in [6.07, 6.45) is 0.592. The maximum atomic E-state index is 13.6. The van der Waals surface area contributed by atoms with Gasteiger partial charge in [-0.05, 0) is 38.8 Å². The monoisotopic (exact) mass is 318 g/mol. The van der Waals surface area contributed by atoms with Gasteiger partial charge in [-0.2, -0.15) is 0 Å². The molecule has 5 nitrogen and oxygen atoms in total. The van der Waals surface area contributed by atoms with Gasteiger partial charge in [-0.25, -0.2) is 14.4 Å². The number of nitrogens with one attached hydrogen (secondary N) is 2. The lowest BCUT2D eigenvalue weighted by molar-refractivity contribution is 0.473. The number of aliphatic imine (C=N–C) groups is 1. The number of hydrogen-bond donors (Lipinski definition) is 2. The average Bonchev–Trinajstić information content (AvgIpc) is 2.85. The second kappa shape index (κ2) is 8.31. The van der Waals surface area contributed by atoms with Crippen LogP contribution < -0.4 is 10.6 Å². The van der Waals surface area contributed by atoms with Crippen LogP contribution in [0.15, 0.2) is 33.7 Å². The molecule has 23 heavy (non-hydrogen) atoms. The fourth-order valence-electron chi connectivity index (χ4n) is 2.11. The van der Waals surface area contributed by atoms with Gasteiger partial charge in [0, 0.05) is 13.1 Å². The van der Waals surface area contributed by atoms with E-state index >= 15 is 0 Å². The first-order valence-corrected chi connectivity index (χ1v) is 7.78. The van der Waals surface area contributed by atoms with Crippen molar-refractivity contribution in [3.05, 3.63) is 53.0 Å². The minimum Gasteiger partial charge on any atom is -0.444 e. The maximum Gasteiger partial charge on any atom is 0.216 e. The van der Waals surface area contributed by atoms with Crippen molar-refractivity contribution in [2.24, 2.45) is 4.99 Å². The van der Waals surface area contributed by atoms with Crippen LogP contribution in [0.5, 0.6) is 0 Å². The molecule has 0 spiro atoms. The van der Waals surface area contributed by atoms with E-state index in [1.807, 2.05) is 26.8 Å². The quantitative estimate of drug-likeness (QED) is 0.635. The molecular weight excluding hydrogens is 295 g/mol. The van der Waals surface area contributed by atoms with Crippen LogP contribution in [0.4, 0.5) is 4.39 Å². The van der Waals surface area contributed by atoms with Crippen molar-refractivity contribution >= 4 is 5.96 Å². The molecule has 0 unspecified atom stereocenters. The summed E-state index contributed by atoms with van der Waals surface area (Å²) in [5, 5.41) is 6.34. The SMILES string of the molecule is CCNC(=NCc1nc(C)c(C)o1)NCCc1ccccc1F. The number of benzene rings is 1. The van der Waals surface area contributed by atoms with Crippen LogP contribution in [-0.2, 0) is 13.0 Å². The Balaban J connectivity index is 1.90. The van der Waals surface area contributed by atoms with Crippen molar-refractivity contribution in [1.82, 2.24) is 15.6 Å². The number of oxazole rings is 1. The smallest absolute Gasteiger partial charge is 0.216 e. The van der Waals surface area contributed by atoms with Gasteiger partial charge in [0.15, 0.2) is 5.96 Å². The molecule has 0 amide bonds. The second-order valence-electron chi connectivity index (χ2n) is 5.21. The number of halogens is 1. The summed E-state index contributed by atoms with van der Waals surface area (Å²) in [6, 6.07) is 6.80. The summed E-state index contributed by atoms with van der Waals surface area (Å²) in [5.74, 6) is 1.89. The summed E-state index contributed by atoms with van der Waals surface area (Å²) >= 11 is 0. The van der Waals surface area contributed by atoms with E-state index in [0.29, 0.717) is 36.9 Å². The van der Waals surface area contributed by atoms with E-state index in [1.54, 1.807) is 12.1 Å². The zero-order valence-electron chi connectivity index (χ0n) is 13.8. The molecule has 124 valence electrons. The lowest BCUT2D eigenvalue weighted by Crippen LogP contribution is -2.38. The van der Waals surface area contributed by atoms with Crippen LogP contribution in [0.2, 0.25) is 0 Å². The molecule has 2 rings (SSSR count). The molecule has 1 heterocycles. The third kappa shape index (κ3) is 5.09. The van der Waals surface area contributed by atoms with Crippen LogP contribution in [0.1, 0.15) is 29.8 Å². The predicted molar refractivity (Wildman–Crippen MR) is 88.9 cm³/mol. The van der Waals surface area contributed by atoms with Crippen LogP contribution in [-0.4, -0.2) is 24.0 Å². The fourth-order valence-corrected chi connectivity index (χ4v) is 2.11. The topological polar surface area (TPSA) is 62.5 Å². The third-order valence-corrected chi connectivity index (χ3v) is 3.43. The first kappa shape index (κ1) is 17.0. The first-order valence-electron chi connectivity index (χ1n) is 7.78. The number of guanidine groups is 1. The minimum atomic E-state index is -0.179. The van der Waals surface area contributed by atoms with E-state index in [9.17, 15) is 4.39 Å². The molecule has 1 aromatic carbocycles. The van der Waals surface area contributed by atoms with Crippen molar-refractivity contribution in [3.8, 4) is 0 Å². The molecule has 0 aliphatic heterocycles. The lowest BCUT2D eigenvalue weighted by Gasteiger charge is -2.11. The van der Waals surface area contributed by atoms with Crippen LogP contribution >= 0.6 is 0 Å². The van der Waals surface area contributed by atoms with Gasteiger partial charge in [-0.15, -0.1) is 0 Å². The van der Waals surface area contributed by atoms with E-state index < -0.39 is 0 Å². The Hall–Kier alpha value is -2.37. The van der Waals surface area contributed by atoms with Crippen LogP contribution in [0, 0.1) is 19.7 Å². The van der Waals surface area contributed by atoms with E-state index in [2.05, 4.69) is 20.6 Å². The number of rotatable bonds is 6. The van der Waals surface area contributed by atoms with Crippen molar-refractivity contribution in [2.45, 2.75) is 33.7 Å². The highest BCUT2D eigenvalue weighted by molar-refractivity contribution is 5.79. The summed E-state index contributed by atoms with van der Waals surface area (Å²) in [4.78, 5) is 8.74. The fraction of sp³-hybridized carbons (Fsp3) is 0.412. The first-order chi connectivity index (χ1) is 11.1. The molecule has 0 fully saturated rings. The molecule has 1 aromatic heterocycles. The summed E-state index contributed by atoms with van der Waals surface area (Å²) in [5.41, 5.74) is 1.57. The van der Waals surface area contributed by atoms with Crippen LogP contribution in [0.25, 0.3) is 0 Å². The van der Waals surface area contributed by atoms with Gasteiger partial charge >= 0.3 is 0 Å². The Morgan fingerprint density at radius 2 is 2.04 bits per heavy atom. The van der Waals surface area contributed by atoms with Gasteiger partial charge in [-0.3, -0.25) is 0 Å². The molecule has 0 aliphatic rings. The Labute approximate surface area is 136 Å². The van der Waals surface area contributed by atoms with Gasteiger partial charge in [0.1, 0.15) is 18.1 Å². The summed E-state index contributed by atoms with van der Waals surface area (Å²) in [6.45, 7) is 7.49. The Morgan fingerprint density at radius 3 is 2.70 bits per heavy atom. The highest BCUT2D eigenvalue weighted by Crippen LogP contribution is 2.09. The van der Waals surface area contributed by atoms with Crippen molar-refractivity contribution in [3.63, 3.8) is 0 Å². The van der Waals surface area contributed by atoms with E-state index in [-0.39, 0.29) is 5.82 Å². The highest BCUT2D eigenvalue weighted by Gasteiger charge is 2.06. The predicted octanol–water partition coefficient (Wildman–Crippen LogP) is 2.73. The molecule has 0 radical (unpaired) electrons. The van der Waals surface area contributed by atoms with Crippen molar-refractivity contribution < 1.29 is 8.81 Å². The third-order valence-electron chi connectivity index (χ3n) is 3.43. The van der Waals surface area contributed by atoms with Gasteiger partial charge in [0.2, 0.25) is 5.89 Å². The maximum absolute atomic E-state index is 13.6. The zero-order valence-corrected chi connectivity index (χ0v) is 13.8. The molecule has 2 N–H and O–H groups in total. The van der Waals surface area contributed by atoms with Crippen molar-refractivity contribution in [1.29, 1.82) is 0 Å². The van der Waals surface area contributed by atoms with E-state index in [0.717, 1.165) is 18.0 Å². The highest BCUT2D eigenvalue weighted by atomic mass is 19.1. The molecule has 6 heteroatoms. The normalized spacial score (nSPS) is 11.6. The number of hydrogen-bond acceptors (Lipinski definition) is 3. The van der Waals surface area contributed by atoms with Gasteiger partial charge in [-0.1, -0.05) is 18.2 Å². The van der Waals surface area contributed by atoms with Gasteiger partial charge in [0.25, 0.3) is 0 Å². The molecule has 0 bridgehead atoms. The van der Waals surface area contributed by atoms with E-state index in [4.69, 9.17) is 4.42 Å². The Kier molecular flexibility index (Phi) is 6.14. The summed E-state index contributed by atoms with van der Waals surface area (Å²) in [7, 11) is 0. The molecular formula is C17H23FN4O. The Bertz CT molecular complexity index is 647. The Morgan fingerprint density at radius 1 is 1.26 bits per heavy atom. The van der Waals surface area contributed by atoms with E-state index in [1.165, 1.54) is 6.07 Å². The largest absolute Gasteiger partial charge is 0.444 e. The molecule has 0 saturated carbocycles. The molecule has 0 atom stereocenters. The van der Waals surface area contributed by atoms with Crippen LogP contribution in [0.3, 0.4) is 0 Å². The number of aryl methyl sites for hydroxylation is 2. The average molecular weight is 318 g/mol. The second-order valence-corrected chi connectivity index (χ2v) is 5.21. The van der Waals surface area contributed by atoms with Crippen molar-refractivity contribution in [2.75, 3.05) is 13.1 Å². The number of aromatic nitrogens is 1. The standard InChI is InChI=1S/C17H23FN4O/c1-4-19-17(21-11-16-22-12(2)13(3)23-16)20-10-9-14-7-5-6-8-15(14)18/h5-8H,4,9-11H2,1-3H3,(H2,19,20,21). The minimum absolute atomic E-state index is 0.179. The van der Waals surface area contributed by atoms with Gasteiger partial charge in [0.05, 0.1) is 5.69 Å². The van der Waals surface area contributed by atoms with Gasteiger partial charge < -0.3 is 15.1 Å². The molecule has 0 saturated heterocycles. The lowest BCUT2D eigenvalue weighted by atomic mass is 10.1.